The number of hydrogen-bond acceptors (Lipinski definition) is 1. The van der Waals surface area contributed by atoms with Gasteiger partial charge in [-0.2, -0.15) is 0 Å². The van der Waals surface area contributed by atoms with Gasteiger partial charge in [-0.1, -0.05) is 62.4 Å². The van der Waals surface area contributed by atoms with Crippen molar-refractivity contribution in [1.29, 1.82) is 0 Å². The molecule has 0 spiro atoms. The van der Waals surface area contributed by atoms with E-state index in [-0.39, 0.29) is 8.41 Å². The highest BCUT2D eigenvalue weighted by atomic mass is 31.1. The van der Waals surface area contributed by atoms with E-state index < -0.39 is 8.15 Å². The van der Waals surface area contributed by atoms with Crippen molar-refractivity contribution in [2.45, 2.75) is 19.8 Å². The van der Waals surface area contributed by atoms with Gasteiger partial charge >= 0.3 is 0 Å². The predicted octanol–water partition coefficient (Wildman–Crippen LogP) is 1.97. The van der Waals surface area contributed by atoms with Crippen LogP contribution in [-0.4, -0.2) is 13.3 Å². The van der Waals surface area contributed by atoms with Gasteiger partial charge in [-0.25, -0.2) is 0 Å². The SMILES string of the molecule is B.CC(C)c1cccc(P(O)c2ccccc2)c1. The maximum absolute atomic E-state index is 10.4. The van der Waals surface area contributed by atoms with E-state index in [2.05, 4.69) is 26.0 Å². The van der Waals surface area contributed by atoms with Gasteiger partial charge < -0.3 is 4.89 Å². The molecule has 1 atom stereocenters. The number of benzene rings is 2. The average Bonchev–Trinajstić information content (AvgIpc) is 2.39. The first-order chi connectivity index (χ1) is 8.18. The minimum Gasteiger partial charge on any atom is -0.364 e. The van der Waals surface area contributed by atoms with Crippen molar-refractivity contribution in [3.05, 3.63) is 60.2 Å². The smallest absolute Gasteiger partial charge is 0.0877 e. The lowest BCUT2D eigenvalue weighted by atomic mass is 10.0. The molecule has 0 aliphatic rings. The van der Waals surface area contributed by atoms with Crippen molar-refractivity contribution in [2.75, 3.05) is 0 Å². The van der Waals surface area contributed by atoms with Crippen LogP contribution in [0.5, 0.6) is 0 Å². The highest BCUT2D eigenvalue weighted by Crippen LogP contribution is 2.28. The van der Waals surface area contributed by atoms with Gasteiger partial charge in [-0.05, 0) is 17.5 Å². The lowest BCUT2D eigenvalue weighted by Gasteiger charge is -2.13. The Hall–Kier alpha value is -1.11. The van der Waals surface area contributed by atoms with Crippen LogP contribution < -0.4 is 10.6 Å². The van der Waals surface area contributed by atoms with Crippen LogP contribution in [-0.2, 0) is 0 Å². The zero-order valence-electron chi connectivity index (χ0n) is 10.2. The summed E-state index contributed by atoms with van der Waals surface area (Å²) < 4.78 is 0. The van der Waals surface area contributed by atoms with Gasteiger partial charge in [0.15, 0.2) is 0 Å². The van der Waals surface area contributed by atoms with Gasteiger partial charge in [-0.15, -0.1) is 0 Å². The Morgan fingerprint density at radius 1 is 0.889 bits per heavy atom. The molecule has 2 aromatic rings. The summed E-state index contributed by atoms with van der Waals surface area (Å²) >= 11 is 0. The first kappa shape index (κ1) is 15.0. The molecule has 0 bridgehead atoms. The molecule has 0 aliphatic carbocycles. The topological polar surface area (TPSA) is 20.2 Å². The van der Waals surface area contributed by atoms with Crippen molar-refractivity contribution in [3.8, 4) is 0 Å². The Kier molecular flexibility index (Phi) is 5.59. The maximum Gasteiger partial charge on any atom is 0.0877 e. The largest absolute Gasteiger partial charge is 0.364 e. The minimum absolute atomic E-state index is 0. The second kappa shape index (κ2) is 6.73. The highest BCUT2D eigenvalue weighted by Gasteiger charge is 2.11. The van der Waals surface area contributed by atoms with E-state index >= 15 is 0 Å². The molecule has 2 rings (SSSR count). The molecule has 0 heterocycles. The van der Waals surface area contributed by atoms with Crippen molar-refractivity contribution in [1.82, 2.24) is 0 Å². The first-order valence-electron chi connectivity index (χ1n) is 5.82. The fourth-order valence-electron chi connectivity index (χ4n) is 1.73. The fourth-order valence-corrected chi connectivity index (χ4v) is 2.99. The normalized spacial score (nSPS) is 12.0. The Morgan fingerprint density at radius 2 is 1.50 bits per heavy atom. The maximum atomic E-state index is 10.4. The molecule has 0 amide bonds. The van der Waals surface area contributed by atoms with Crippen molar-refractivity contribution < 1.29 is 4.89 Å². The standard InChI is InChI=1S/C15H17OP.BH3/c1-12(2)13-7-6-10-15(11-13)17(16)14-8-4-3-5-9-14;/h3-12,16H,1-2H3;1H3. The van der Waals surface area contributed by atoms with Gasteiger partial charge in [0.1, 0.15) is 0 Å². The quantitative estimate of drug-likeness (QED) is 0.659. The Balaban J connectivity index is 0.00000162. The van der Waals surface area contributed by atoms with E-state index in [1.807, 2.05) is 42.5 Å². The van der Waals surface area contributed by atoms with Gasteiger partial charge in [0.25, 0.3) is 0 Å². The minimum atomic E-state index is -1.21. The molecule has 0 aromatic heterocycles. The van der Waals surface area contributed by atoms with Gasteiger partial charge in [0, 0.05) is 10.6 Å². The molecule has 1 unspecified atom stereocenters. The molecule has 0 radical (unpaired) electrons. The summed E-state index contributed by atoms with van der Waals surface area (Å²) in [6, 6.07) is 18.1. The van der Waals surface area contributed by atoms with Crippen molar-refractivity contribution in [3.63, 3.8) is 0 Å². The summed E-state index contributed by atoms with van der Waals surface area (Å²) in [4.78, 5) is 10.4. The second-order valence-electron chi connectivity index (χ2n) is 4.40. The molecule has 94 valence electrons. The van der Waals surface area contributed by atoms with Crippen LogP contribution in [0.1, 0.15) is 25.3 Å². The Bertz CT molecular complexity index is 485. The lowest BCUT2D eigenvalue weighted by molar-refractivity contribution is 0.644. The lowest BCUT2D eigenvalue weighted by Crippen LogP contribution is -2.11. The molecule has 18 heavy (non-hydrogen) atoms. The number of rotatable bonds is 3. The third-order valence-corrected chi connectivity index (χ3v) is 4.34. The molecule has 1 nitrogen and oxygen atoms in total. The third-order valence-electron chi connectivity index (χ3n) is 2.78. The highest BCUT2D eigenvalue weighted by molar-refractivity contribution is 7.67. The van der Waals surface area contributed by atoms with Crippen molar-refractivity contribution in [2.24, 2.45) is 0 Å². The molecule has 3 heteroatoms. The zero-order valence-corrected chi connectivity index (χ0v) is 11.1. The van der Waals surface area contributed by atoms with Crippen LogP contribution >= 0.6 is 8.15 Å². The molecular formula is C15H20BOP. The molecule has 2 aromatic carbocycles. The average molecular weight is 258 g/mol. The van der Waals surface area contributed by atoms with Crippen LogP contribution in [0.3, 0.4) is 0 Å². The van der Waals surface area contributed by atoms with Crippen LogP contribution in [0.15, 0.2) is 54.6 Å². The van der Waals surface area contributed by atoms with Crippen LogP contribution in [0.2, 0.25) is 0 Å². The fraction of sp³-hybridized carbons (Fsp3) is 0.200. The van der Waals surface area contributed by atoms with E-state index in [1.165, 1.54) is 5.56 Å². The van der Waals surface area contributed by atoms with Crippen molar-refractivity contribution >= 4 is 27.2 Å². The Labute approximate surface area is 112 Å². The van der Waals surface area contributed by atoms with E-state index in [4.69, 9.17) is 0 Å². The summed E-state index contributed by atoms with van der Waals surface area (Å²) in [6.45, 7) is 4.34. The molecular weight excluding hydrogens is 238 g/mol. The van der Waals surface area contributed by atoms with E-state index in [9.17, 15) is 4.89 Å². The molecule has 0 fully saturated rings. The predicted molar refractivity (Wildman–Crippen MR) is 85.3 cm³/mol. The van der Waals surface area contributed by atoms with E-state index in [1.54, 1.807) is 0 Å². The second-order valence-corrected chi connectivity index (χ2v) is 6.05. The summed E-state index contributed by atoms with van der Waals surface area (Å²) in [5.74, 6) is 0.495. The molecule has 1 N–H and O–H groups in total. The third kappa shape index (κ3) is 3.44. The summed E-state index contributed by atoms with van der Waals surface area (Å²) in [5.41, 5.74) is 1.28. The van der Waals surface area contributed by atoms with E-state index in [0.29, 0.717) is 5.92 Å². The van der Waals surface area contributed by atoms with Gasteiger partial charge in [0.2, 0.25) is 0 Å². The molecule has 0 aliphatic heterocycles. The molecule has 0 saturated heterocycles. The van der Waals surface area contributed by atoms with E-state index in [0.717, 1.165) is 10.6 Å². The monoisotopic (exact) mass is 258 g/mol. The van der Waals surface area contributed by atoms with Crippen LogP contribution in [0.4, 0.5) is 0 Å². The summed E-state index contributed by atoms with van der Waals surface area (Å²) in [5, 5.41) is 2.03. The van der Waals surface area contributed by atoms with Gasteiger partial charge in [0.05, 0.1) is 16.6 Å². The van der Waals surface area contributed by atoms with Gasteiger partial charge in [-0.3, -0.25) is 0 Å². The van der Waals surface area contributed by atoms with Crippen LogP contribution in [0, 0.1) is 0 Å². The summed E-state index contributed by atoms with van der Waals surface area (Å²) in [6.07, 6.45) is 0. The summed E-state index contributed by atoms with van der Waals surface area (Å²) in [7, 11) is -1.21. The zero-order chi connectivity index (χ0) is 12.3. The first-order valence-corrected chi connectivity index (χ1v) is 7.12. The molecule has 0 saturated carbocycles. The Morgan fingerprint density at radius 3 is 2.11 bits per heavy atom. The van der Waals surface area contributed by atoms with Crippen LogP contribution in [0.25, 0.3) is 0 Å². The number of hydrogen-bond donors (Lipinski definition) is 1.